The van der Waals surface area contributed by atoms with E-state index in [-0.39, 0.29) is 30.5 Å². The van der Waals surface area contributed by atoms with Gasteiger partial charge in [0.05, 0.1) is 12.6 Å². The number of amides is 1. The first-order valence-corrected chi connectivity index (χ1v) is 6.05. The minimum Gasteiger partial charge on any atom is -0.381 e. The van der Waals surface area contributed by atoms with Crippen LogP contribution in [0.3, 0.4) is 0 Å². The van der Waals surface area contributed by atoms with Crippen molar-refractivity contribution in [2.45, 2.75) is 25.0 Å². The van der Waals surface area contributed by atoms with E-state index in [1.54, 1.807) is 13.2 Å². The molecule has 2 unspecified atom stereocenters. The van der Waals surface area contributed by atoms with E-state index in [9.17, 15) is 4.79 Å². The summed E-state index contributed by atoms with van der Waals surface area (Å²) in [5, 5.41) is 2.78. The van der Waals surface area contributed by atoms with Crippen LogP contribution in [-0.2, 0) is 9.53 Å². The van der Waals surface area contributed by atoms with E-state index in [1.807, 2.05) is 0 Å². The summed E-state index contributed by atoms with van der Waals surface area (Å²) >= 11 is 0. The van der Waals surface area contributed by atoms with Crippen molar-refractivity contribution in [3.05, 3.63) is 12.7 Å². The molecule has 106 valence electrons. The van der Waals surface area contributed by atoms with Gasteiger partial charge in [-0.05, 0) is 12.8 Å². The van der Waals surface area contributed by atoms with Gasteiger partial charge in [-0.1, -0.05) is 6.08 Å². The first-order chi connectivity index (χ1) is 8.21. The second kappa shape index (κ2) is 9.33. The number of carbonyl (C=O) groups excluding carboxylic acids is 1. The van der Waals surface area contributed by atoms with Crippen molar-refractivity contribution in [3.63, 3.8) is 0 Å². The van der Waals surface area contributed by atoms with Crippen LogP contribution in [0.5, 0.6) is 0 Å². The smallest absolute Gasteiger partial charge is 0.234 e. The normalized spacial score (nSPS) is 24.1. The van der Waals surface area contributed by atoms with Gasteiger partial charge in [-0.25, -0.2) is 0 Å². The third-order valence-electron chi connectivity index (χ3n) is 3.19. The molecular formula is C12H24ClN3O2. The number of piperidine rings is 1. The number of nitrogens with two attached hydrogens (primary N) is 1. The maximum absolute atomic E-state index is 11.6. The highest BCUT2D eigenvalue weighted by Gasteiger charge is 2.28. The Morgan fingerprint density at radius 1 is 1.67 bits per heavy atom. The van der Waals surface area contributed by atoms with Crippen molar-refractivity contribution < 1.29 is 9.53 Å². The number of likely N-dealkylation sites (tertiary alicyclic amines) is 1. The van der Waals surface area contributed by atoms with Gasteiger partial charge in [0.25, 0.3) is 0 Å². The predicted octanol–water partition coefficient (Wildman–Crippen LogP) is 0.149. The number of methoxy groups -OCH3 is 1. The van der Waals surface area contributed by atoms with Gasteiger partial charge >= 0.3 is 0 Å². The molecule has 1 saturated heterocycles. The molecule has 0 aromatic rings. The molecule has 2 atom stereocenters. The Kier molecular flexibility index (Phi) is 9.01. The summed E-state index contributed by atoms with van der Waals surface area (Å²) in [5.41, 5.74) is 5.74. The van der Waals surface area contributed by atoms with Crippen LogP contribution >= 0.6 is 12.4 Å². The lowest BCUT2D eigenvalue weighted by Gasteiger charge is -2.37. The maximum atomic E-state index is 11.6. The molecule has 1 fully saturated rings. The summed E-state index contributed by atoms with van der Waals surface area (Å²) in [6.07, 6.45) is 3.81. The minimum atomic E-state index is 0. The van der Waals surface area contributed by atoms with Crippen LogP contribution < -0.4 is 11.1 Å². The van der Waals surface area contributed by atoms with Crippen LogP contribution in [0.4, 0.5) is 0 Å². The number of halogens is 1. The number of carbonyl (C=O) groups is 1. The Bertz CT molecular complexity index is 264. The van der Waals surface area contributed by atoms with Crippen molar-refractivity contribution in [1.29, 1.82) is 0 Å². The highest BCUT2D eigenvalue weighted by atomic mass is 35.5. The molecule has 1 aliphatic rings. The summed E-state index contributed by atoms with van der Waals surface area (Å²) in [6, 6.07) is 0.239. The zero-order valence-corrected chi connectivity index (χ0v) is 11.7. The third-order valence-corrected chi connectivity index (χ3v) is 3.19. The average molecular weight is 278 g/mol. The van der Waals surface area contributed by atoms with Crippen molar-refractivity contribution >= 4 is 18.3 Å². The fourth-order valence-corrected chi connectivity index (χ4v) is 2.16. The maximum Gasteiger partial charge on any atom is 0.234 e. The van der Waals surface area contributed by atoms with E-state index < -0.39 is 0 Å². The van der Waals surface area contributed by atoms with Gasteiger partial charge in [0.1, 0.15) is 0 Å². The summed E-state index contributed by atoms with van der Waals surface area (Å²) < 4.78 is 5.35. The van der Waals surface area contributed by atoms with Gasteiger partial charge in [-0.3, -0.25) is 9.69 Å². The van der Waals surface area contributed by atoms with Crippen molar-refractivity contribution in [2.75, 3.05) is 33.3 Å². The quantitative estimate of drug-likeness (QED) is 0.678. The number of rotatable bonds is 6. The van der Waals surface area contributed by atoms with E-state index in [0.29, 0.717) is 19.6 Å². The van der Waals surface area contributed by atoms with Gasteiger partial charge < -0.3 is 15.8 Å². The molecule has 6 heteroatoms. The Labute approximate surface area is 115 Å². The summed E-state index contributed by atoms with van der Waals surface area (Å²) in [6.45, 7) is 5.92. The molecule has 0 saturated carbocycles. The number of hydrogen-bond donors (Lipinski definition) is 2. The largest absolute Gasteiger partial charge is 0.381 e. The van der Waals surface area contributed by atoms with Gasteiger partial charge in [0.15, 0.2) is 0 Å². The van der Waals surface area contributed by atoms with E-state index >= 15 is 0 Å². The van der Waals surface area contributed by atoms with Crippen LogP contribution in [0.25, 0.3) is 0 Å². The standard InChI is InChI=1S/C12H23N3O2.ClH/c1-3-5-14-12(16)9-15-6-4-11(17-2)7-10(15)8-13;/h3,10-11H,1,4-9,13H2,2H3,(H,14,16);1H. The Balaban J connectivity index is 0.00000289. The van der Waals surface area contributed by atoms with E-state index in [1.165, 1.54) is 0 Å². The molecule has 1 amide bonds. The zero-order chi connectivity index (χ0) is 12.7. The fourth-order valence-electron chi connectivity index (χ4n) is 2.16. The fraction of sp³-hybridized carbons (Fsp3) is 0.750. The third kappa shape index (κ3) is 5.35. The van der Waals surface area contributed by atoms with E-state index in [2.05, 4.69) is 16.8 Å². The van der Waals surface area contributed by atoms with Crippen molar-refractivity contribution in [3.8, 4) is 0 Å². The molecule has 18 heavy (non-hydrogen) atoms. The first kappa shape index (κ1) is 17.4. The van der Waals surface area contributed by atoms with E-state index in [4.69, 9.17) is 10.5 Å². The molecule has 0 aromatic heterocycles. The highest BCUT2D eigenvalue weighted by molar-refractivity contribution is 5.85. The molecule has 1 rings (SSSR count). The monoisotopic (exact) mass is 277 g/mol. The SMILES string of the molecule is C=CCNC(=O)CN1CCC(OC)CC1CN.Cl. The Morgan fingerprint density at radius 3 is 2.94 bits per heavy atom. The van der Waals surface area contributed by atoms with Crippen molar-refractivity contribution in [1.82, 2.24) is 10.2 Å². The number of nitrogens with one attached hydrogen (secondary N) is 1. The lowest BCUT2D eigenvalue weighted by Crippen LogP contribution is -2.51. The molecule has 3 N–H and O–H groups in total. The van der Waals surface area contributed by atoms with Gasteiger partial charge in [-0.15, -0.1) is 19.0 Å². The second-order valence-corrected chi connectivity index (χ2v) is 4.33. The van der Waals surface area contributed by atoms with Crippen LogP contribution in [-0.4, -0.2) is 56.2 Å². The molecule has 0 aromatic carbocycles. The van der Waals surface area contributed by atoms with Crippen LogP contribution in [0.2, 0.25) is 0 Å². The topological polar surface area (TPSA) is 67.6 Å². The molecule has 5 nitrogen and oxygen atoms in total. The van der Waals surface area contributed by atoms with Gasteiger partial charge in [-0.2, -0.15) is 0 Å². The summed E-state index contributed by atoms with van der Waals surface area (Å²) in [5.74, 6) is 0.0271. The molecule has 1 heterocycles. The van der Waals surface area contributed by atoms with Gasteiger partial charge in [0, 0.05) is 32.8 Å². The molecule has 0 aliphatic carbocycles. The Morgan fingerprint density at radius 2 is 2.39 bits per heavy atom. The Hall–Kier alpha value is -0.620. The number of hydrogen-bond acceptors (Lipinski definition) is 4. The summed E-state index contributed by atoms with van der Waals surface area (Å²) in [4.78, 5) is 13.7. The van der Waals surface area contributed by atoms with Crippen molar-refractivity contribution in [2.24, 2.45) is 5.73 Å². The number of ether oxygens (including phenoxy) is 1. The first-order valence-electron chi connectivity index (χ1n) is 6.05. The van der Waals surface area contributed by atoms with Crippen LogP contribution in [0.15, 0.2) is 12.7 Å². The molecular weight excluding hydrogens is 254 g/mol. The summed E-state index contributed by atoms with van der Waals surface area (Å²) in [7, 11) is 1.73. The lowest BCUT2D eigenvalue weighted by atomic mass is 9.99. The highest BCUT2D eigenvalue weighted by Crippen LogP contribution is 2.18. The molecule has 0 bridgehead atoms. The molecule has 0 radical (unpaired) electrons. The van der Waals surface area contributed by atoms with Crippen LogP contribution in [0.1, 0.15) is 12.8 Å². The zero-order valence-electron chi connectivity index (χ0n) is 10.9. The predicted molar refractivity (Wildman–Crippen MR) is 74.9 cm³/mol. The second-order valence-electron chi connectivity index (χ2n) is 4.33. The average Bonchev–Trinajstić information content (AvgIpc) is 2.36. The van der Waals surface area contributed by atoms with E-state index in [0.717, 1.165) is 19.4 Å². The number of nitrogens with zero attached hydrogens (tertiary/aromatic N) is 1. The minimum absolute atomic E-state index is 0. The lowest BCUT2D eigenvalue weighted by molar-refractivity contribution is -0.123. The molecule has 0 spiro atoms. The van der Waals surface area contributed by atoms with Gasteiger partial charge in [0.2, 0.25) is 5.91 Å². The molecule has 1 aliphatic heterocycles. The van der Waals surface area contributed by atoms with Crippen LogP contribution in [0, 0.1) is 0 Å².